The van der Waals surface area contributed by atoms with Gasteiger partial charge in [0.05, 0.1) is 0 Å². The maximum atomic E-state index is 5.75. The molecule has 1 rings (SSSR count). The highest BCUT2D eigenvalue weighted by atomic mass is 15.1. The van der Waals surface area contributed by atoms with Crippen LogP contribution in [0.4, 0.5) is 5.69 Å². The summed E-state index contributed by atoms with van der Waals surface area (Å²) >= 11 is 0. The van der Waals surface area contributed by atoms with Gasteiger partial charge in [0.2, 0.25) is 0 Å². The summed E-state index contributed by atoms with van der Waals surface area (Å²) in [7, 11) is 2.16. The summed E-state index contributed by atoms with van der Waals surface area (Å²) in [6.07, 6.45) is 2.25. The molecule has 0 aliphatic rings. The van der Waals surface area contributed by atoms with E-state index >= 15 is 0 Å². The summed E-state index contributed by atoms with van der Waals surface area (Å²) in [5.74, 6) is 0. The van der Waals surface area contributed by atoms with Crippen molar-refractivity contribution in [2.75, 3.05) is 18.5 Å². The smallest absolute Gasteiger partial charge is 0.0395 e. The molecule has 2 nitrogen and oxygen atoms in total. The van der Waals surface area contributed by atoms with Gasteiger partial charge in [-0.1, -0.05) is 12.1 Å². The molecular weight excluding hydrogens is 196 g/mol. The Morgan fingerprint density at radius 1 is 1.31 bits per heavy atom. The number of anilines is 1. The van der Waals surface area contributed by atoms with Crippen LogP contribution in [0.25, 0.3) is 0 Å². The monoisotopic (exact) mass is 220 g/mol. The lowest BCUT2D eigenvalue weighted by atomic mass is 10.1. The van der Waals surface area contributed by atoms with Crippen molar-refractivity contribution in [1.82, 2.24) is 0 Å². The van der Waals surface area contributed by atoms with Gasteiger partial charge in [-0.2, -0.15) is 0 Å². The van der Waals surface area contributed by atoms with Crippen LogP contribution in [0, 0.1) is 13.8 Å². The van der Waals surface area contributed by atoms with Crippen LogP contribution in [-0.2, 0) is 0 Å². The fraction of sp³-hybridized carbons (Fsp3) is 0.571. The number of benzene rings is 1. The molecular formula is C14H24N2. The van der Waals surface area contributed by atoms with Gasteiger partial charge in [0.25, 0.3) is 0 Å². The van der Waals surface area contributed by atoms with Crippen LogP contribution in [0.5, 0.6) is 0 Å². The SMILES string of the molecule is Cc1ccc(C)c(N(C)CCCC(C)N)c1. The Morgan fingerprint density at radius 2 is 2.00 bits per heavy atom. The maximum Gasteiger partial charge on any atom is 0.0395 e. The average molecular weight is 220 g/mol. The molecule has 2 N–H and O–H groups in total. The topological polar surface area (TPSA) is 29.3 Å². The minimum absolute atomic E-state index is 0.312. The first-order valence-corrected chi connectivity index (χ1v) is 6.04. The quantitative estimate of drug-likeness (QED) is 0.826. The highest BCUT2D eigenvalue weighted by Gasteiger charge is 2.05. The standard InChI is InChI=1S/C14H24N2/c1-11-7-8-12(2)14(10-11)16(4)9-5-6-13(3)15/h7-8,10,13H,5-6,9,15H2,1-4H3. The fourth-order valence-electron chi connectivity index (χ4n) is 1.90. The molecule has 0 heterocycles. The van der Waals surface area contributed by atoms with Crippen molar-refractivity contribution in [3.63, 3.8) is 0 Å². The molecule has 0 radical (unpaired) electrons. The Morgan fingerprint density at radius 3 is 2.62 bits per heavy atom. The second-order valence-corrected chi connectivity index (χ2v) is 4.83. The molecule has 1 aromatic rings. The molecule has 0 fully saturated rings. The highest BCUT2D eigenvalue weighted by molar-refractivity contribution is 5.54. The Bertz CT molecular complexity index is 332. The molecule has 1 aromatic carbocycles. The molecule has 0 saturated heterocycles. The summed E-state index contributed by atoms with van der Waals surface area (Å²) in [6, 6.07) is 6.91. The van der Waals surface area contributed by atoms with E-state index in [1.807, 2.05) is 0 Å². The largest absolute Gasteiger partial charge is 0.374 e. The second kappa shape index (κ2) is 5.90. The van der Waals surface area contributed by atoms with E-state index in [-0.39, 0.29) is 0 Å². The molecule has 1 unspecified atom stereocenters. The van der Waals surface area contributed by atoms with Crippen molar-refractivity contribution >= 4 is 5.69 Å². The van der Waals surface area contributed by atoms with Gasteiger partial charge in [0, 0.05) is 25.3 Å². The number of nitrogens with zero attached hydrogens (tertiary/aromatic N) is 1. The van der Waals surface area contributed by atoms with Gasteiger partial charge in [-0.3, -0.25) is 0 Å². The minimum atomic E-state index is 0.312. The Kier molecular flexibility index (Phi) is 4.81. The van der Waals surface area contributed by atoms with Gasteiger partial charge in [-0.15, -0.1) is 0 Å². The zero-order chi connectivity index (χ0) is 12.1. The number of nitrogens with two attached hydrogens (primary N) is 1. The molecule has 0 bridgehead atoms. The lowest BCUT2D eigenvalue weighted by Crippen LogP contribution is -2.22. The minimum Gasteiger partial charge on any atom is -0.374 e. The van der Waals surface area contributed by atoms with Crippen molar-refractivity contribution in [2.24, 2.45) is 5.73 Å². The molecule has 0 saturated carbocycles. The van der Waals surface area contributed by atoms with Crippen LogP contribution in [0.3, 0.4) is 0 Å². The van der Waals surface area contributed by atoms with Gasteiger partial charge < -0.3 is 10.6 Å². The van der Waals surface area contributed by atoms with Crippen molar-refractivity contribution in [2.45, 2.75) is 39.7 Å². The van der Waals surface area contributed by atoms with Gasteiger partial charge in [-0.25, -0.2) is 0 Å². The number of hydrogen-bond donors (Lipinski definition) is 1. The van der Waals surface area contributed by atoms with E-state index in [1.165, 1.54) is 16.8 Å². The highest BCUT2D eigenvalue weighted by Crippen LogP contribution is 2.20. The van der Waals surface area contributed by atoms with Crippen LogP contribution in [0.15, 0.2) is 18.2 Å². The Labute approximate surface area is 99.5 Å². The lowest BCUT2D eigenvalue weighted by molar-refractivity contribution is 0.621. The average Bonchev–Trinajstić information content (AvgIpc) is 2.21. The summed E-state index contributed by atoms with van der Waals surface area (Å²) in [4.78, 5) is 2.32. The Balaban J connectivity index is 2.58. The molecule has 0 aliphatic carbocycles. The van der Waals surface area contributed by atoms with E-state index < -0.39 is 0 Å². The second-order valence-electron chi connectivity index (χ2n) is 4.83. The molecule has 0 aliphatic heterocycles. The first kappa shape index (κ1) is 13.0. The van der Waals surface area contributed by atoms with E-state index in [9.17, 15) is 0 Å². The van der Waals surface area contributed by atoms with E-state index in [4.69, 9.17) is 5.73 Å². The van der Waals surface area contributed by atoms with Crippen molar-refractivity contribution in [1.29, 1.82) is 0 Å². The predicted molar refractivity (Wildman–Crippen MR) is 72.1 cm³/mol. The predicted octanol–water partition coefficient (Wildman–Crippen LogP) is 2.87. The molecule has 0 amide bonds. The van der Waals surface area contributed by atoms with E-state index in [0.29, 0.717) is 6.04 Å². The first-order chi connectivity index (χ1) is 7.50. The van der Waals surface area contributed by atoms with Crippen LogP contribution in [0.2, 0.25) is 0 Å². The van der Waals surface area contributed by atoms with E-state index in [1.54, 1.807) is 0 Å². The summed E-state index contributed by atoms with van der Waals surface area (Å²) in [5.41, 5.74) is 9.75. The zero-order valence-electron chi connectivity index (χ0n) is 11.0. The van der Waals surface area contributed by atoms with Crippen LogP contribution in [-0.4, -0.2) is 19.6 Å². The van der Waals surface area contributed by atoms with Crippen LogP contribution in [0.1, 0.15) is 30.9 Å². The summed E-state index contributed by atoms with van der Waals surface area (Å²) in [5, 5.41) is 0. The van der Waals surface area contributed by atoms with Crippen molar-refractivity contribution in [3.05, 3.63) is 29.3 Å². The third-order valence-corrected chi connectivity index (χ3v) is 2.93. The molecule has 0 aromatic heterocycles. The lowest BCUT2D eigenvalue weighted by Gasteiger charge is -2.22. The third-order valence-electron chi connectivity index (χ3n) is 2.93. The number of hydrogen-bond acceptors (Lipinski definition) is 2. The Hall–Kier alpha value is -1.02. The van der Waals surface area contributed by atoms with Crippen LogP contribution < -0.4 is 10.6 Å². The summed E-state index contributed by atoms with van der Waals surface area (Å²) in [6.45, 7) is 7.44. The first-order valence-electron chi connectivity index (χ1n) is 6.04. The van der Waals surface area contributed by atoms with E-state index in [2.05, 4.69) is 50.9 Å². The maximum absolute atomic E-state index is 5.75. The fourth-order valence-corrected chi connectivity index (χ4v) is 1.90. The van der Waals surface area contributed by atoms with Crippen LogP contribution >= 0.6 is 0 Å². The molecule has 1 atom stereocenters. The van der Waals surface area contributed by atoms with Crippen molar-refractivity contribution in [3.8, 4) is 0 Å². The van der Waals surface area contributed by atoms with Gasteiger partial charge in [-0.05, 0) is 50.8 Å². The van der Waals surface area contributed by atoms with Gasteiger partial charge in [0.15, 0.2) is 0 Å². The third kappa shape index (κ3) is 3.86. The normalized spacial score (nSPS) is 12.6. The molecule has 90 valence electrons. The molecule has 16 heavy (non-hydrogen) atoms. The van der Waals surface area contributed by atoms with Crippen molar-refractivity contribution < 1.29 is 0 Å². The zero-order valence-corrected chi connectivity index (χ0v) is 11.0. The van der Waals surface area contributed by atoms with Gasteiger partial charge >= 0.3 is 0 Å². The molecule has 0 spiro atoms. The van der Waals surface area contributed by atoms with Gasteiger partial charge in [0.1, 0.15) is 0 Å². The number of rotatable bonds is 5. The van der Waals surface area contributed by atoms with E-state index in [0.717, 1.165) is 19.4 Å². The number of aryl methyl sites for hydroxylation is 2. The molecule has 2 heteroatoms. The summed E-state index contributed by atoms with van der Waals surface area (Å²) < 4.78 is 0.